The Morgan fingerprint density at radius 2 is 2.36 bits per heavy atom. The standard InChI is InChI=1S/C15H19N5O2/c1-2-3-7-15(19-20-15)8-10-16-14(21)13-5-4-12(22-13)11-6-9-17-18-11/h1,6,9,12-13H,3-5,7-8,10H2,(H,16,21)(H,17,18)/t12-,13+/m1/s1. The second-order valence-electron chi connectivity index (χ2n) is 5.63. The SMILES string of the molecule is C#CCCC1(CCNC(=O)[C@@H]2CC[C@H](c3ccn[nH]3)O2)N=N1. The lowest BCUT2D eigenvalue weighted by Gasteiger charge is -2.14. The number of carbonyl (C=O) groups is 1. The number of nitrogens with zero attached hydrogens (tertiary/aromatic N) is 3. The van der Waals surface area contributed by atoms with Crippen LogP contribution < -0.4 is 5.32 Å². The summed E-state index contributed by atoms with van der Waals surface area (Å²) in [5, 5.41) is 17.8. The van der Waals surface area contributed by atoms with E-state index in [0.717, 1.165) is 18.5 Å². The lowest BCUT2D eigenvalue weighted by molar-refractivity contribution is -0.132. The van der Waals surface area contributed by atoms with Crippen LogP contribution >= 0.6 is 0 Å². The Kier molecular flexibility index (Phi) is 4.20. The van der Waals surface area contributed by atoms with Gasteiger partial charge in [0.1, 0.15) is 12.2 Å². The zero-order chi connectivity index (χ0) is 15.4. The van der Waals surface area contributed by atoms with Crippen molar-refractivity contribution in [1.29, 1.82) is 0 Å². The Balaban J connectivity index is 1.39. The average molecular weight is 301 g/mol. The first-order valence-electron chi connectivity index (χ1n) is 7.52. The van der Waals surface area contributed by atoms with Crippen LogP contribution in [0.4, 0.5) is 0 Å². The number of aromatic amines is 1. The second kappa shape index (κ2) is 6.28. The molecule has 1 aromatic heterocycles. The van der Waals surface area contributed by atoms with Crippen LogP contribution in [0.5, 0.6) is 0 Å². The van der Waals surface area contributed by atoms with Gasteiger partial charge in [-0.25, -0.2) is 0 Å². The fraction of sp³-hybridized carbons (Fsp3) is 0.600. The molecule has 1 amide bonds. The molecule has 3 rings (SSSR count). The number of hydrogen-bond donors (Lipinski definition) is 2. The van der Waals surface area contributed by atoms with E-state index in [-0.39, 0.29) is 17.7 Å². The zero-order valence-corrected chi connectivity index (χ0v) is 12.3. The number of ether oxygens (including phenoxy) is 1. The van der Waals surface area contributed by atoms with E-state index in [0.29, 0.717) is 25.8 Å². The van der Waals surface area contributed by atoms with Gasteiger partial charge in [-0.2, -0.15) is 15.3 Å². The van der Waals surface area contributed by atoms with Crippen molar-refractivity contribution in [3.63, 3.8) is 0 Å². The minimum absolute atomic E-state index is 0.0743. The van der Waals surface area contributed by atoms with Gasteiger partial charge in [0.05, 0.1) is 5.69 Å². The highest BCUT2D eigenvalue weighted by molar-refractivity contribution is 5.81. The summed E-state index contributed by atoms with van der Waals surface area (Å²) in [5.74, 6) is 2.52. The van der Waals surface area contributed by atoms with Gasteiger partial charge >= 0.3 is 0 Å². The fourth-order valence-corrected chi connectivity index (χ4v) is 2.67. The van der Waals surface area contributed by atoms with E-state index in [4.69, 9.17) is 11.2 Å². The Hall–Kier alpha value is -2.20. The highest BCUT2D eigenvalue weighted by Gasteiger charge is 2.39. The maximum atomic E-state index is 12.1. The molecule has 2 aliphatic heterocycles. The average Bonchev–Trinajstić information content (AvgIpc) is 2.98. The summed E-state index contributed by atoms with van der Waals surface area (Å²) in [6.45, 7) is 0.533. The van der Waals surface area contributed by atoms with E-state index >= 15 is 0 Å². The van der Waals surface area contributed by atoms with Crippen molar-refractivity contribution in [2.75, 3.05) is 6.54 Å². The largest absolute Gasteiger partial charge is 0.359 e. The van der Waals surface area contributed by atoms with Gasteiger partial charge in [0.25, 0.3) is 0 Å². The van der Waals surface area contributed by atoms with Crippen LogP contribution in [0.1, 0.15) is 43.9 Å². The molecule has 3 heterocycles. The highest BCUT2D eigenvalue weighted by Crippen LogP contribution is 2.36. The number of aromatic nitrogens is 2. The van der Waals surface area contributed by atoms with Crippen molar-refractivity contribution in [1.82, 2.24) is 15.5 Å². The third-order valence-electron chi connectivity index (χ3n) is 4.06. The number of terminal acetylenes is 1. The summed E-state index contributed by atoms with van der Waals surface area (Å²) in [5.41, 5.74) is 0.563. The lowest BCUT2D eigenvalue weighted by atomic mass is 10.0. The Bertz CT molecular complexity index is 584. The predicted octanol–water partition coefficient (Wildman–Crippen LogP) is 1.71. The van der Waals surface area contributed by atoms with Crippen LogP contribution in [0, 0.1) is 12.3 Å². The van der Waals surface area contributed by atoms with Crippen molar-refractivity contribution in [3.05, 3.63) is 18.0 Å². The molecule has 1 aromatic rings. The molecule has 0 bridgehead atoms. The molecule has 7 heteroatoms. The fourth-order valence-electron chi connectivity index (χ4n) is 2.67. The topological polar surface area (TPSA) is 91.7 Å². The minimum Gasteiger partial charge on any atom is -0.359 e. The molecule has 1 fully saturated rings. The molecule has 0 saturated carbocycles. The molecule has 0 unspecified atom stereocenters. The quantitative estimate of drug-likeness (QED) is 0.751. The molecule has 0 spiro atoms. The van der Waals surface area contributed by atoms with Crippen molar-refractivity contribution >= 4 is 5.91 Å². The smallest absolute Gasteiger partial charge is 0.249 e. The van der Waals surface area contributed by atoms with Gasteiger partial charge in [-0.1, -0.05) is 0 Å². The van der Waals surface area contributed by atoms with Gasteiger partial charge in [-0.15, -0.1) is 12.3 Å². The van der Waals surface area contributed by atoms with Crippen molar-refractivity contribution in [3.8, 4) is 12.3 Å². The molecule has 2 atom stereocenters. The lowest BCUT2D eigenvalue weighted by Crippen LogP contribution is -2.36. The van der Waals surface area contributed by atoms with Crippen LogP contribution in [-0.2, 0) is 9.53 Å². The number of rotatable bonds is 7. The second-order valence-corrected chi connectivity index (χ2v) is 5.63. The molecule has 0 radical (unpaired) electrons. The zero-order valence-electron chi connectivity index (χ0n) is 12.3. The van der Waals surface area contributed by atoms with E-state index in [9.17, 15) is 4.79 Å². The number of hydrogen-bond acceptors (Lipinski definition) is 5. The monoisotopic (exact) mass is 301 g/mol. The molecule has 22 heavy (non-hydrogen) atoms. The van der Waals surface area contributed by atoms with E-state index in [1.54, 1.807) is 6.20 Å². The van der Waals surface area contributed by atoms with Crippen molar-refractivity contribution in [2.24, 2.45) is 10.2 Å². The molecular weight excluding hydrogens is 282 g/mol. The molecule has 0 aliphatic carbocycles. The van der Waals surface area contributed by atoms with Gasteiger partial charge in [0.15, 0.2) is 5.66 Å². The van der Waals surface area contributed by atoms with E-state index in [2.05, 4.69) is 31.7 Å². The third kappa shape index (κ3) is 3.34. The molecular formula is C15H19N5O2. The number of H-pyrrole nitrogens is 1. The molecule has 2 aliphatic rings. The van der Waals surface area contributed by atoms with Gasteiger partial charge < -0.3 is 10.1 Å². The number of nitrogens with one attached hydrogen (secondary N) is 2. The molecule has 0 aromatic carbocycles. The summed E-state index contributed by atoms with van der Waals surface area (Å²) < 4.78 is 5.77. The van der Waals surface area contributed by atoms with Crippen LogP contribution in [0.2, 0.25) is 0 Å². The van der Waals surface area contributed by atoms with Crippen molar-refractivity contribution in [2.45, 2.75) is 50.0 Å². The van der Waals surface area contributed by atoms with Crippen LogP contribution in [0.3, 0.4) is 0 Å². The van der Waals surface area contributed by atoms with Crippen molar-refractivity contribution < 1.29 is 9.53 Å². The first-order valence-corrected chi connectivity index (χ1v) is 7.52. The maximum Gasteiger partial charge on any atom is 0.249 e. The first kappa shape index (κ1) is 14.7. The Labute approximate surface area is 128 Å². The van der Waals surface area contributed by atoms with Gasteiger partial charge in [-0.05, 0) is 18.9 Å². The maximum absolute atomic E-state index is 12.1. The number of amides is 1. The number of carbonyl (C=O) groups excluding carboxylic acids is 1. The van der Waals surface area contributed by atoms with Crippen LogP contribution in [-0.4, -0.2) is 34.4 Å². The van der Waals surface area contributed by atoms with Gasteiger partial charge in [-0.3, -0.25) is 9.89 Å². The Morgan fingerprint density at radius 3 is 3.05 bits per heavy atom. The molecule has 2 N–H and O–H groups in total. The summed E-state index contributed by atoms with van der Waals surface area (Å²) in [4.78, 5) is 12.1. The third-order valence-corrected chi connectivity index (χ3v) is 4.06. The molecule has 7 nitrogen and oxygen atoms in total. The summed E-state index contributed by atoms with van der Waals surface area (Å²) in [7, 11) is 0. The molecule has 116 valence electrons. The van der Waals surface area contributed by atoms with E-state index in [1.165, 1.54) is 0 Å². The first-order chi connectivity index (χ1) is 10.7. The highest BCUT2D eigenvalue weighted by atomic mass is 16.5. The van der Waals surface area contributed by atoms with Crippen LogP contribution in [0.25, 0.3) is 0 Å². The Morgan fingerprint density at radius 1 is 1.50 bits per heavy atom. The summed E-state index contributed by atoms with van der Waals surface area (Å²) >= 11 is 0. The van der Waals surface area contributed by atoms with E-state index in [1.807, 2.05) is 6.07 Å². The predicted molar refractivity (Wildman–Crippen MR) is 78.7 cm³/mol. The normalized spacial score (nSPS) is 24.9. The van der Waals surface area contributed by atoms with Gasteiger partial charge in [0, 0.05) is 32.0 Å². The molecule has 1 saturated heterocycles. The summed E-state index contributed by atoms with van der Waals surface area (Å²) in [6, 6.07) is 1.87. The van der Waals surface area contributed by atoms with E-state index < -0.39 is 6.10 Å². The van der Waals surface area contributed by atoms with Gasteiger partial charge in [0.2, 0.25) is 5.91 Å². The van der Waals surface area contributed by atoms with Crippen LogP contribution in [0.15, 0.2) is 22.5 Å². The summed E-state index contributed by atoms with van der Waals surface area (Å²) in [6.07, 6.45) is 10.1. The minimum atomic E-state index is -0.400.